The number of hydrogen-bond acceptors (Lipinski definition) is 5. The van der Waals surface area contributed by atoms with Crippen LogP contribution in [0.3, 0.4) is 0 Å². The number of carbonyl (C=O) groups is 2. The Hall–Kier alpha value is -1.07. The number of thiocarbonyl (C=S) groups is 1. The summed E-state index contributed by atoms with van der Waals surface area (Å²) in [5.74, 6) is 0.224. The molecule has 2 N–H and O–H groups in total. The zero-order valence-corrected chi connectivity index (χ0v) is 16.5. The molecular weight excluding hydrogens is 461 g/mol. The molecule has 1 aromatic heterocycles. The van der Waals surface area contributed by atoms with Crippen LogP contribution in [0.15, 0.2) is 21.5 Å². The van der Waals surface area contributed by atoms with E-state index in [0.717, 1.165) is 46.2 Å². The van der Waals surface area contributed by atoms with Crippen molar-refractivity contribution in [1.82, 2.24) is 15.8 Å². The summed E-state index contributed by atoms with van der Waals surface area (Å²) in [7, 11) is 0. The Balaban J connectivity index is 1.61. The van der Waals surface area contributed by atoms with Crippen LogP contribution in [0, 0.1) is 3.77 Å². The molecule has 0 atom stereocenters. The van der Waals surface area contributed by atoms with Gasteiger partial charge in [-0.3, -0.25) is 4.79 Å². The molecular formula is C15H16IN3O3S2. The summed E-state index contributed by atoms with van der Waals surface area (Å²) in [5.41, 5.74) is 2.55. The van der Waals surface area contributed by atoms with E-state index in [9.17, 15) is 9.59 Å². The van der Waals surface area contributed by atoms with Crippen molar-refractivity contribution in [2.24, 2.45) is 0 Å². The van der Waals surface area contributed by atoms with Gasteiger partial charge < -0.3 is 9.73 Å². The molecule has 1 aliphatic heterocycles. The van der Waals surface area contributed by atoms with Gasteiger partial charge in [0.25, 0.3) is 5.91 Å². The molecule has 1 saturated carbocycles. The first-order valence-electron chi connectivity index (χ1n) is 7.63. The number of thioether (sulfide) groups is 1. The Labute approximate surface area is 162 Å². The average molecular weight is 477 g/mol. The lowest BCUT2D eigenvalue weighted by Gasteiger charge is -2.24. The Kier molecular flexibility index (Phi) is 5.82. The number of rotatable bonds is 3. The molecule has 2 fully saturated rings. The molecule has 0 radical (unpaired) electrons. The van der Waals surface area contributed by atoms with E-state index < -0.39 is 6.03 Å². The minimum Gasteiger partial charge on any atom is -0.451 e. The van der Waals surface area contributed by atoms with Crippen LogP contribution < -0.4 is 10.7 Å². The molecule has 128 valence electrons. The molecule has 2 heterocycles. The van der Waals surface area contributed by atoms with Crippen LogP contribution in [0.4, 0.5) is 4.79 Å². The van der Waals surface area contributed by atoms with Crippen molar-refractivity contribution in [3.8, 4) is 0 Å². The number of urea groups is 1. The molecule has 1 aromatic rings. The van der Waals surface area contributed by atoms with Crippen LogP contribution in [0.1, 0.15) is 37.9 Å². The second-order valence-corrected chi connectivity index (χ2v) is 8.32. The summed E-state index contributed by atoms with van der Waals surface area (Å²) in [6.45, 7) is 0. The lowest BCUT2D eigenvalue weighted by molar-refractivity contribution is -0.123. The summed E-state index contributed by atoms with van der Waals surface area (Å²) >= 11 is 8.38. The zero-order chi connectivity index (χ0) is 17.1. The fraction of sp³-hybridized carbons (Fsp3) is 0.400. The highest BCUT2D eigenvalue weighted by molar-refractivity contribution is 14.1. The van der Waals surface area contributed by atoms with E-state index in [1.54, 1.807) is 12.1 Å². The molecule has 0 unspecified atom stereocenters. The maximum atomic E-state index is 12.4. The smallest absolute Gasteiger partial charge is 0.334 e. The Morgan fingerprint density at radius 2 is 2.12 bits per heavy atom. The molecule has 6 nitrogen and oxygen atoms in total. The largest absolute Gasteiger partial charge is 0.451 e. The minimum atomic E-state index is -0.396. The topological polar surface area (TPSA) is 74.6 Å². The SMILES string of the molecule is O=C(NC1CCCCC1)NN1C(=O)/C(=C/c2ccc(I)o2)SC1=S. The number of hydrazine groups is 1. The summed E-state index contributed by atoms with van der Waals surface area (Å²) in [5, 5.41) is 4.01. The van der Waals surface area contributed by atoms with Crippen molar-refractivity contribution in [3.63, 3.8) is 0 Å². The molecule has 3 amide bonds. The van der Waals surface area contributed by atoms with Crippen molar-refractivity contribution in [3.05, 3.63) is 26.6 Å². The molecule has 2 aliphatic rings. The maximum Gasteiger partial charge on any atom is 0.334 e. The third kappa shape index (κ3) is 4.31. The molecule has 0 bridgehead atoms. The van der Waals surface area contributed by atoms with E-state index in [1.807, 2.05) is 6.07 Å². The van der Waals surface area contributed by atoms with Gasteiger partial charge in [0, 0.05) is 12.1 Å². The third-order valence-electron chi connectivity index (χ3n) is 3.81. The first-order valence-corrected chi connectivity index (χ1v) is 9.94. The van der Waals surface area contributed by atoms with Gasteiger partial charge in [0.15, 0.2) is 8.09 Å². The van der Waals surface area contributed by atoms with Gasteiger partial charge >= 0.3 is 6.03 Å². The summed E-state index contributed by atoms with van der Waals surface area (Å²) in [4.78, 5) is 24.9. The fourth-order valence-corrected chi connectivity index (χ4v) is 4.26. The molecule has 0 aromatic carbocycles. The van der Waals surface area contributed by atoms with Crippen LogP contribution in [0.2, 0.25) is 0 Å². The fourth-order valence-electron chi connectivity index (χ4n) is 2.67. The number of nitrogens with one attached hydrogen (secondary N) is 2. The molecule has 0 spiro atoms. The van der Waals surface area contributed by atoms with Crippen LogP contribution >= 0.6 is 46.6 Å². The molecule has 9 heteroatoms. The lowest BCUT2D eigenvalue weighted by atomic mass is 9.96. The van der Waals surface area contributed by atoms with Crippen LogP contribution in [-0.2, 0) is 4.79 Å². The highest BCUT2D eigenvalue weighted by Gasteiger charge is 2.34. The maximum absolute atomic E-state index is 12.4. The minimum absolute atomic E-state index is 0.165. The van der Waals surface area contributed by atoms with Gasteiger partial charge in [-0.25, -0.2) is 10.2 Å². The standard InChI is InChI=1S/C15H16IN3O3S2/c16-12-7-6-10(22-12)8-11-13(20)19(15(23)24-11)18-14(21)17-9-4-2-1-3-5-9/h6-9H,1-5H2,(H2,17,18,21)/b11-8-. The zero-order valence-electron chi connectivity index (χ0n) is 12.7. The Morgan fingerprint density at radius 3 is 2.79 bits per heavy atom. The van der Waals surface area contributed by atoms with Gasteiger partial charge in [-0.2, -0.15) is 5.01 Å². The van der Waals surface area contributed by atoms with E-state index in [-0.39, 0.29) is 11.9 Å². The summed E-state index contributed by atoms with van der Waals surface area (Å²) < 4.78 is 6.46. The van der Waals surface area contributed by atoms with Crippen molar-refractivity contribution in [1.29, 1.82) is 0 Å². The molecule has 1 aliphatic carbocycles. The van der Waals surface area contributed by atoms with Crippen LogP contribution in [0.5, 0.6) is 0 Å². The van der Waals surface area contributed by atoms with Crippen molar-refractivity contribution >= 4 is 68.9 Å². The Morgan fingerprint density at radius 1 is 1.38 bits per heavy atom. The highest BCUT2D eigenvalue weighted by Crippen LogP contribution is 2.31. The normalized spacial score (nSPS) is 20.7. The number of halogens is 1. The van der Waals surface area contributed by atoms with Gasteiger partial charge in [0.1, 0.15) is 5.76 Å². The number of furan rings is 1. The van der Waals surface area contributed by atoms with E-state index in [1.165, 1.54) is 6.42 Å². The molecule has 24 heavy (non-hydrogen) atoms. The first kappa shape index (κ1) is 17.7. The summed E-state index contributed by atoms with van der Waals surface area (Å²) in [6.07, 6.45) is 7.03. The van der Waals surface area contributed by atoms with Gasteiger partial charge in [-0.1, -0.05) is 31.0 Å². The second kappa shape index (κ2) is 7.87. The van der Waals surface area contributed by atoms with Gasteiger partial charge in [0.2, 0.25) is 0 Å². The molecule has 1 saturated heterocycles. The van der Waals surface area contributed by atoms with Crippen LogP contribution in [-0.4, -0.2) is 27.3 Å². The van der Waals surface area contributed by atoms with Crippen LogP contribution in [0.25, 0.3) is 6.08 Å². The van der Waals surface area contributed by atoms with Gasteiger partial charge in [-0.15, -0.1) is 0 Å². The van der Waals surface area contributed by atoms with Crippen molar-refractivity contribution in [2.45, 2.75) is 38.1 Å². The average Bonchev–Trinajstić information content (AvgIpc) is 3.07. The molecule has 3 rings (SSSR count). The van der Waals surface area contributed by atoms with Gasteiger partial charge in [0.05, 0.1) is 4.91 Å². The van der Waals surface area contributed by atoms with E-state index in [0.29, 0.717) is 15.0 Å². The number of hydrogen-bond donors (Lipinski definition) is 2. The van der Waals surface area contributed by atoms with E-state index in [4.69, 9.17) is 16.6 Å². The van der Waals surface area contributed by atoms with Crippen molar-refractivity contribution in [2.75, 3.05) is 0 Å². The predicted octanol–water partition coefficient (Wildman–Crippen LogP) is 3.63. The third-order valence-corrected chi connectivity index (χ3v) is 5.70. The van der Waals surface area contributed by atoms with Gasteiger partial charge in [-0.05, 0) is 59.8 Å². The highest BCUT2D eigenvalue weighted by atomic mass is 127. The summed E-state index contributed by atoms with van der Waals surface area (Å²) in [6, 6.07) is 3.35. The number of carbonyl (C=O) groups excluding carboxylic acids is 2. The van der Waals surface area contributed by atoms with Crippen molar-refractivity contribution < 1.29 is 14.0 Å². The predicted molar refractivity (Wildman–Crippen MR) is 105 cm³/mol. The Bertz CT molecular complexity index is 698. The second-order valence-electron chi connectivity index (χ2n) is 5.58. The van der Waals surface area contributed by atoms with E-state index in [2.05, 4.69) is 33.3 Å². The van der Waals surface area contributed by atoms with E-state index >= 15 is 0 Å². The first-order chi connectivity index (χ1) is 11.5. The lowest BCUT2D eigenvalue weighted by Crippen LogP contribution is -2.51. The monoisotopic (exact) mass is 477 g/mol. The number of nitrogens with zero attached hydrogens (tertiary/aromatic N) is 1. The quantitative estimate of drug-likeness (QED) is 0.395. The number of amides is 3.